The standard InChI is InChI=1S/C23H30N2O5/c1-16(2)15-30-18-7-5-17(6-8-18)20-21(24-9-12-28-13-10-24)23(27)25(22(20)26)14-19-4-3-11-29-19/h5-8,16,19H,3-4,9-15H2,1-2H3. The van der Waals surface area contributed by atoms with Crippen LogP contribution in [0.4, 0.5) is 0 Å². The number of imide groups is 1. The molecule has 0 bridgehead atoms. The second-order valence-electron chi connectivity index (χ2n) is 8.41. The lowest BCUT2D eigenvalue weighted by Crippen LogP contribution is -2.42. The van der Waals surface area contributed by atoms with Crippen molar-refractivity contribution in [3.05, 3.63) is 35.5 Å². The van der Waals surface area contributed by atoms with Crippen molar-refractivity contribution in [2.75, 3.05) is 46.1 Å². The Balaban J connectivity index is 1.62. The highest BCUT2D eigenvalue weighted by Crippen LogP contribution is 2.33. The van der Waals surface area contributed by atoms with Gasteiger partial charge in [-0.3, -0.25) is 14.5 Å². The van der Waals surface area contributed by atoms with Gasteiger partial charge < -0.3 is 19.1 Å². The molecule has 1 aromatic rings. The van der Waals surface area contributed by atoms with Crippen LogP contribution in [-0.4, -0.2) is 73.8 Å². The average molecular weight is 415 g/mol. The van der Waals surface area contributed by atoms with Gasteiger partial charge in [-0.2, -0.15) is 0 Å². The molecule has 0 aromatic heterocycles. The van der Waals surface area contributed by atoms with E-state index >= 15 is 0 Å². The van der Waals surface area contributed by atoms with Gasteiger partial charge in [0.2, 0.25) is 0 Å². The number of amides is 2. The number of benzene rings is 1. The van der Waals surface area contributed by atoms with E-state index in [2.05, 4.69) is 13.8 Å². The minimum Gasteiger partial charge on any atom is -0.493 e. The summed E-state index contributed by atoms with van der Waals surface area (Å²) in [6.07, 6.45) is 1.77. The zero-order valence-corrected chi connectivity index (χ0v) is 17.8. The Bertz CT molecular complexity index is 805. The maximum atomic E-state index is 13.4. The quantitative estimate of drug-likeness (QED) is 0.638. The molecule has 2 amide bonds. The van der Waals surface area contributed by atoms with Crippen molar-refractivity contribution in [1.29, 1.82) is 0 Å². The van der Waals surface area contributed by atoms with Gasteiger partial charge in [-0.05, 0) is 36.5 Å². The first kappa shape index (κ1) is 20.9. The Hall–Kier alpha value is -2.38. The minimum absolute atomic E-state index is 0.0741. The summed E-state index contributed by atoms with van der Waals surface area (Å²) >= 11 is 0. The minimum atomic E-state index is -0.243. The second-order valence-corrected chi connectivity index (χ2v) is 8.41. The third kappa shape index (κ3) is 4.37. The Morgan fingerprint density at radius 2 is 1.80 bits per heavy atom. The molecular weight excluding hydrogens is 384 g/mol. The van der Waals surface area contributed by atoms with Crippen molar-refractivity contribution >= 4 is 17.4 Å². The van der Waals surface area contributed by atoms with E-state index in [9.17, 15) is 9.59 Å². The molecule has 0 saturated carbocycles. The van der Waals surface area contributed by atoms with Gasteiger partial charge in [0.15, 0.2) is 0 Å². The van der Waals surface area contributed by atoms with Crippen LogP contribution in [0.15, 0.2) is 30.0 Å². The summed E-state index contributed by atoms with van der Waals surface area (Å²) in [5.74, 6) is 0.718. The van der Waals surface area contributed by atoms with Crippen LogP contribution in [0.3, 0.4) is 0 Å². The van der Waals surface area contributed by atoms with Crippen molar-refractivity contribution < 1.29 is 23.8 Å². The fraction of sp³-hybridized carbons (Fsp3) is 0.565. The van der Waals surface area contributed by atoms with Gasteiger partial charge >= 0.3 is 0 Å². The zero-order chi connectivity index (χ0) is 21.1. The van der Waals surface area contributed by atoms with Crippen molar-refractivity contribution in [2.24, 2.45) is 5.92 Å². The maximum absolute atomic E-state index is 13.4. The summed E-state index contributed by atoms with van der Waals surface area (Å²) in [7, 11) is 0. The van der Waals surface area contributed by atoms with Crippen molar-refractivity contribution in [3.8, 4) is 5.75 Å². The third-order valence-corrected chi connectivity index (χ3v) is 5.61. The molecule has 2 saturated heterocycles. The van der Waals surface area contributed by atoms with Crippen LogP contribution < -0.4 is 4.74 Å². The van der Waals surface area contributed by atoms with Crippen LogP contribution in [0.5, 0.6) is 5.75 Å². The van der Waals surface area contributed by atoms with Crippen LogP contribution in [0.1, 0.15) is 32.3 Å². The van der Waals surface area contributed by atoms with E-state index in [0.717, 1.165) is 24.2 Å². The number of hydrogen-bond acceptors (Lipinski definition) is 6. The molecular formula is C23H30N2O5. The highest BCUT2D eigenvalue weighted by molar-refractivity contribution is 6.35. The van der Waals surface area contributed by atoms with Crippen LogP contribution in [0.25, 0.3) is 5.57 Å². The normalized spacial score (nSPS) is 22.6. The molecule has 162 valence electrons. The topological polar surface area (TPSA) is 68.3 Å². The predicted octanol–water partition coefficient (Wildman–Crippen LogP) is 2.31. The van der Waals surface area contributed by atoms with Gasteiger partial charge in [0.25, 0.3) is 11.8 Å². The van der Waals surface area contributed by atoms with Gasteiger partial charge in [-0.25, -0.2) is 0 Å². The van der Waals surface area contributed by atoms with Gasteiger partial charge in [-0.15, -0.1) is 0 Å². The molecule has 3 aliphatic heterocycles. The van der Waals surface area contributed by atoms with Crippen LogP contribution >= 0.6 is 0 Å². The van der Waals surface area contributed by atoms with Crippen molar-refractivity contribution in [2.45, 2.75) is 32.8 Å². The Morgan fingerprint density at radius 1 is 1.07 bits per heavy atom. The molecule has 7 heteroatoms. The monoisotopic (exact) mass is 414 g/mol. The molecule has 2 fully saturated rings. The summed E-state index contributed by atoms with van der Waals surface area (Å²) in [6.45, 7) is 8.12. The molecule has 4 rings (SSSR count). The van der Waals surface area contributed by atoms with Crippen LogP contribution in [0.2, 0.25) is 0 Å². The first-order valence-electron chi connectivity index (χ1n) is 10.8. The molecule has 30 heavy (non-hydrogen) atoms. The summed E-state index contributed by atoms with van der Waals surface area (Å²) in [4.78, 5) is 30.0. The highest BCUT2D eigenvalue weighted by atomic mass is 16.5. The van der Waals surface area contributed by atoms with Gasteiger partial charge in [0.1, 0.15) is 11.4 Å². The number of hydrogen-bond donors (Lipinski definition) is 0. The number of carbonyl (C=O) groups excluding carboxylic acids is 2. The number of ether oxygens (including phenoxy) is 3. The van der Waals surface area contributed by atoms with Crippen LogP contribution in [0, 0.1) is 5.92 Å². The van der Waals surface area contributed by atoms with E-state index in [1.807, 2.05) is 29.2 Å². The van der Waals surface area contributed by atoms with E-state index in [-0.39, 0.29) is 17.9 Å². The Morgan fingerprint density at radius 3 is 2.43 bits per heavy atom. The molecule has 1 aromatic carbocycles. The molecule has 0 radical (unpaired) electrons. The maximum Gasteiger partial charge on any atom is 0.277 e. The average Bonchev–Trinajstić information content (AvgIpc) is 3.35. The lowest BCUT2D eigenvalue weighted by Gasteiger charge is -2.30. The van der Waals surface area contributed by atoms with E-state index in [1.165, 1.54) is 4.90 Å². The predicted molar refractivity (Wildman–Crippen MR) is 112 cm³/mol. The summed E-state index contributed by atoms with van der Waals surface area (Å²) < 4.78 is 16.9. The van der Waals surface area contributed by atoms with Gasteiger partial charge in [0.05, 0.1) is 38.0 Å². The van der Waals surface area contributed by atoms with E-state index in [0.29, 0.717) is 63.2 Å². The van der Waals surface area contributed by atoms with Gasteiger partial charge in [0, 0.05) is 19.7 Å². The molecule has 3 heterocycles. The van der Waals surface area contributed by atoms with Crippen molar-refractivity contribution in [3.63, 3.8) is 0 Å². The molecule has 0 spiro atoms. The zero-order valence-electron chi connectivity index (χ0n) is 17.8. The first-order chi connectivity index (χ1) is 14.5. The number of rotatable bonds is 7. The fourth-order valence-corrected chi connectivity index (χ4v) is 4.04. The Labute approximate surface area is 177 Å². The largest absolute Gasteiger partial charge is 0.493 e. The summed E-state index contributed by atoms with van der Waals surface area (Å²) in [5.41, 5.74) is 1.69. The molecule has 0 aliphatic carbocycles. The van der Waals surface area contributed by atoms with Crippen molar-refractivity contribution in [1.82, 2.24) is 9.80 Å². The lowest BCUT2D eigenvalue weighted by molar-refractivity contribution is -0.139. The number of morpholine rings is 1. The van der Waals surface area contributed by atoms with Gasteiger partial charge in [-0.1, -0.05) is 26.0 Å². The number of carbonyl (C=O) groups is 2. The third-order valence-electron chi connectivity index (χ3n) is 5.61. The first-order valence-corrected chi connectivity index (χ1v) is 10.8. The molecule has 0 N–H and O–H groups in total. The molecule has 1 atom stereocenters. The van der Waals surface area contributed by atoms with Crippen LogP contribution in [-0.2, 0) is 19.1 Å². The molecule has 3 aliphatic rings. The fourth-order valence-electron chi connectivity index (χ4n) is 4.04. The second kappa shape index (κ2) is 9.18. The number of nitrogens with zero attached hydrogens (tertiary/aromatic N) is 2. The van der Waals surface area contributed by atoms with E-state index in [4.69, 9.17) is 14.2 Å². The van der Waals surface area contributed by atoms with E-state index < -0.39 is 0 Å². The highest BCUT2D eigenvalue weighted by Gasteiger charge is 2.43. The van der Waals surface area contributed by atoms with E-state index in [1.54, 1.807) is 0 Å². The SMILES string of the molecule is CC(C)COc1ccc(C2=C(N3CCOCC3)C(=O)N(CC3CCCO3)C2=O)cc1. The summed E-state index contributed by atoms with van der Waals surface area (Å²) in [5, 5.41) is 0. The molecule has 1 unspecified atom stereocenters. The molecule has 7 nitrogen and oxygen atoms in total. The summed E-state index contributed by atoms with van der Waals surface area (Å²) in [6, 6.07) is 7.46. The smallest absolute Gasteiger partial charge is 0.277 e. The lowest BCUT2D eigenvalue weighted by atomic mass is 10.0. The Kier molecular flexibility index (Phi) is 6.39.